The molecule has 2 heterocycles. The molecule has 0 N–H and O–H groups in total. The molecule has 252 valence electrons. The molecule has 0 radical (unpaired) electrons. The Balaban J connectivity index is 0.0000101. The number of carbonyl (C=O) groups is 4. The maximum absolute atomic E-state index is 13.4. The predicted octanol–water partition coefficient (Wildman–Crippen LogP) is 7.43. The standard InChI is InChI=1S/C34H58N6O4.Fe/c1-10-11-12-13-15-18-24-40(8,9)25-19-16-14-17-22-39-23-20-21-26-27(39)36-31(44)34(6,7)38-29(42)32(2,3)28(41)37-33(4,5)30(43)35-26;/h20-21,23H,10-19,22,24-25H2,1-9H3,(H2-,35,37,38,41,42,43);/q;+4/p-2. The van der Waals surface area contributed by atoms with Gasteiger partial charge in [-0.25, -0.2) is 0 Å². The van der Waals surface area contributed by atoms with E-state index in [9.17, 15) is 19.2 Å². The van der Waals surface area contributed by atoms with Gasteiger partial charge in [0.05, 0.1) is 39.0 Å². The number of amides is 4. The van der Waals surface area contributed by atoms with Crippen molar-refractivity contribution in [3.8, 4) is 0 Å². The first-order valence-corrected chi connectivity index (χ1v) is 16.3. The fourth-order valence-electron chi connectivity index (χ4n) is 4.98. The smallest absolute Gasteiger partial charge is 0.643 e. The van der Waals surface area contributed by atoms with Crippen molar-refractivity contribution in [2.24, 2.45) is 5.41 Å². The minimum atomic E-state index is -1.65. The van der Waals surface area contributed by atoms with Gasteiger partial charge in [0.25, 0.3) is 0 Å². The minimum absolute atomic E-state index is 0. The van der Waals surface area contributed by atoms with Crippen LogP contribution in [0.5, 0.6) is 0 Å². The SMILES string of the molecule is CCCCCCCC[N+](C)(C)CCCCCC[n+]1cccc2c1[N-]C(=O)C(C)(C)[N-]C(=O)C(C)(C)C(=O)[N-]C(C)(C)C(=O)[N-]2.[Fe+4]. The van der Waals surface area contributed by atoms with Gasteiger partial charge in [-0.3, -0.25) is 4.79 Å². The molecule has 0 saturated carbocycles. The summed E-state index contributed by atoms with van der Waals surface area (Å²) in [6, 6.07) is 3.37. The third-order valence-corrected chi connectivity index (χ3v) is 8.36. The summed E-state index contributed by atoms with van der Waals surface area (Å²) in [6.07, 6.45) is 13.8. The van der Waals surface area contributed by atoms with Crippen molar-refractivity contribution >= 4 is 35.1 Å². The third-order valence-electron chi connectivity index (χ3n) is 8.36. The Kier molecular flexibility index (Phi) is 15.7. The van der Waals surface area contributed by atoms with E-state index >= 15 is 0 Å². The van der Waals surface area contributed by atoms with Gasteiger partial charge in [0.1, 0.15) is 5.82 Å². The van der Waals surface area contributed by atoms with Crippen molar-refractivity contribution in [2.45, 2.75) is 130 Å². The van der Waals surface area contributed by atoms with Gasteiger partial charge in [-0.2, -0.15) is 5.32 Å². The van der Waals surface area contributed by atoms with Gasteiger partial charge in [-0.15, -0.1) is 0 Å². The zero-order valence-electron chi connectivity index (χ0n) is 29.1. The van der Waals surface area contributed by atoms with Crippen LogP contribution >= 0.6 is 0 Å². The Morgan fingerprint density at radius 1 is 0.667 bits per heavy atom. The fraction of sp³-hybridized carbons (Fsp3) is 0.735. The molecule has 11 heteroatoms. The minimum Gasteiger partial charge on any atom is -0.643 e. The Hall–Kier alpha value is -2.49. The average molecular weight is 669 g/mol. The zero-order chi connectivity index (χ0) is 33.2. The van der Waals surface area contributed by atoms with Gasteiger partial charge in [0, 0.05) is 24.1 Å². The number of fused-ring (bicyclic) bond motifs is 1. The first-order valence-electron chi connectivity index (χ1n) is 16.3. The largest absolute Gasteiger partial charge is 4.00 e. The summed E-state index contributed by atoms with van der Waals surface area (Å²) in [6.45, 7) is 13.9. The summed E-state index contributed by atoms with van der Waals surface area (Å²) in [5.74, 6) is -2.72. The van der Waals surface area contributed by atoms with Gasteiger partial charge in [-0.1, -0.05) is 84.0 Å². The molecule has 1 aliphatic heterocycles. The maximum Gasteiger partial charge on any atom is 4.00 e. The quantitative estimate of drug-likeness (QED) is 0.0671. The summed E-state index contributed by atoms with van der Waals surface area (Å²) in [5.41, 5.74) is -4.51. The Bertz CT molecular complexity index is 1170. The maximum atomic E-state index is 13.4. The van der Waals surface area contributed by atoms with E-state index in [1.54, 1.807) is 12.1 Å². The monoisotopic (exact) mass is 668 g/mol. The number of aryl methyl sites for hydroxylation is 1. The number of aromatic nitrogens is 1. The number of hydrogen-bond acceptors (Lipinski definition) is 4. The van der Waals surface area contributed by atoms with Crippen LogP contribution in [0, 0.1) is 5.41 Å². The van der Waals surface area contributed by atoms with Crippen molar-refractivity contribution in [1.29, 1.82) is 0 Å². The van der Waals surface area contributed by atoms with Crippen LogP contribution in [-0.4, -0.2) is 66.4 Å². The molecule has 4 amide bonds. The topological polar surface area (TPSA) is 129 Å². The van der Waals surface area contributed by atoms with Crippen LogP contribution in [0.1, 0.15) is 113 Å². The van der Waals surface area contributed by atoms with Crippen molar-refractivity contribution in [1.82, 2.24) is 0 Å². The number of hydrogen-bond donors (Lipinski definition) is 0. The van der Waals surface area contributed by atoms with Crippen molar-refractivity contribution in [3.63, 3.8) is 0 Å². The number of unbranched alkanes of at least 4 members (excludes halogenated alkanes) is 8. The second-order valence-corrected chi connectivity index (χ2v) is 14.4. The van der Waals surface area contributed by atoms with E-state index in [0.29, 0.717) is 6.54 Å². The van der Waals surface area contributed by atoms with Gasteiger partial charge < -0.3 is 39.4 Å². The van der Waals surface area contributed by atoms with Gasteiger partial charge in [0.15, 0.2) is 0 Å². The normalized spacial score (nSPS) is 18.1. The summed E-state index contributed by atoms with van der Waals surface area (Å²) < 4.78 is 2.86. The van der Waals surface area contributed by atoms with Crippen LogP contribution in [0.15, 0.2) is 18.3 Å². The second-order valence-electron chi connectivity index (χ2n) is 14.4. The molecule has 1 aromatic heterocycles. The molecule has 0 aliphatic carbocycles. The molecule has 0 aromatic carbocycles. The van der Waals surface area contributed by atoms with E-state index in [-0.39, 0.29) is 28.6 Å². The van der Waals surface area contributed by atoms with Crippen molar-refractivity contribution in [3.05, 3.63) is 39.6 Å². The first kappa shape index (κ1) is 40.5. The second kappa shape index (κ2) is 17.4. The number of rotatable bonds is 14. The average Bonchev–Trinajstić information content (AvgIpc) is 2.92. The molecule has 1 aromatic rings. The number of pyridine rings is 1. The Labute approximate surface area is 282 Å². The van der Waals surface area contributed by atoms with Gasteiger partial charge in [-0.05, 0) is 57.6 Å². The summed E-state index contributed by atoms with van der Waals surface area (Å²) in [5, 5.41) is 16.8. The van der Waals surface area contributed by atoms with Crippen LogP contribution in [0.2, 0.25) is 0 Å². The van der Waals surface area contributed by atoms with Gasteiger partial charge >= 0.3 is 17.1 Å². The molecule has 1 aliphatic rings. The summed E-state index contributed by atoms with van der Waals surface area (Å²) >= 11 is 0. The molecule has 0 unspecified atom stereocenters. The fourth-order valence-corrected chi connectivity index (χ4v) is 4.98. The molecule has 0 fully saturated rings. The summed E-state index contributed by atoms with van der Waals surface area (Å²) in [7, 11) is 4.63. The first-order chi connectivity index (χ1) is 20.4. The van der Waals surface area contributed by atoms with E-state index in [0.717, 1.165) is 36.7 Å². The predicted molar refractivity (Wildman–Crippen MR) is 175 cm³/mol. The van der Waals surface area contributed by atoms with Crippen LogP contribution in [0.25, 0.3) is 21.3 Å². The van der Waals surface area contributed by atoms with Crippen LogP contribution in [-0.2, 0) is 42.8 Å². The molecular formula is C34H56FeN6O4+2. The third kappa shape index (κ3) is 12.3. The number of nitrogens with zero attached hydrogens (tertiary/aromatic N) is 6. The molecule has 0 atom stereocenters. The Morgan fingerprint density at radius 2 is 1.13 bits per heavy atom. The van der Waals surface area contributed by atoms with E-state index in [1.165, 1.54) is 86.6 Å². The zero-order valence-corrected chi connectivity index (χ0v) is 30.2. The van der Waals surface area contributed by atoms with Crippen LogP contribution in [0.4, 0.5) is 11.5 Å². The van der Waals surface area contributed by atoms with Crippen LogP contribution in [0.3, 0.4) is 0 Å². The van der Waals surface area contributed by atoms with Crippen molar-refractivity contribution < 1.29 is 45.3 Å². The molecule has 0 spiro atoms. The van der Waals surface area contributed by atoms with Crippen molar-refractivity contribution in [2.75, 3.05) is 27.2 Å². The van der Waals surface area contributed by atoms with E-state index in [4.69, 9.17) is 0 Å². The van der Waals surface area contributed by atoms with Gasteiger partial charge in [0.2, 0.25) is 5.91 Å². The van der Waals surface area contributed by atoms with E-state index in [2.05, 4.69) is 42.3 Å². The number of quaternary nitrogens is 1. The van der Waals surface area contributed by atoms with E-state index < -0.39 is 40.1 Å². The molecule has 10 nitrogen and oxygen atoms in total. The Morgan fingerprint density at radius 3 is 1.67 bits per heavy atom. The molecular weight excluding hydrogens is 612 g/mol. The van der Waals surface area contributed by atoms with Crippen LogP contribution < -0.4 is 4.57 Å². The number of carbonyl (C=O) groups excluding carboxylic acids is 4. The summed E-state index contributed by atoms with van der Waals surface area (Å²) in [4.78, 5) is 52.7. The molecule has 0 saturated heterocycles. The molecule has 0 bridgehead atoms. The molecule has 45 heavy (non-hydrogen) atoms. The molecule has 2 rings (SSSR count). The van der Waals surface area contributed by atoms with E-state index in [1.807, 2.05) is 10.8 Å².